The lowest BCUT2D eigenvalue weighted by atomic mass is 10.2. The Morgan fingerprint density at radius 2 is 1.78 bits per heavy atom. The fourth-order valence-electron chi connectivity index (χ4n) is 4.12. The Hall–Kier alpha value is -1.95. The monoisotopic (exact) mass is 557 g/mol. The molecule has 3 heterocycles. The molecule has 1 unspecified atom stereocenters. The number of rotatable bonds is 6. The van der Waals surface area contributed by atoms with Gasteiger partial charge in [-0.2, -0.15) is 0 Å². The number of likely N-dealkylation sites (tertiary alicyclic amines) is 1. The molecule has 1 aromatic heterocycles. The van der Waals surface area contributed by atoms with Gasteiger partial charge in [-0.05, 0) is 38.8 Å². The smallest absolute Gasteiger partial charge is 0.239 e. The van der Waals surface area contributed by atoms with Crippen molar-refractivity contribution in [1.29, 1.82) is 0 Å². The number of nitrogens with zero attached hydrogens (tertiary/aromatic N) is 5. The molecule has 2 saturated heterocycles. The number of carbonyl (C=O) groups is 2. The zero-order valence-corrected chi connectivity index (χ0v) is 21.7. The zero-order valence-electron chi connectivity index (χ0n) is 19.3. The third kappa shape index (κ3) is 7.29. The van der Waals surface area contributed by atoms with E-state index in [2.05, 4.69) is 30.4 Å². The van der Waals surface area contributed by atoms with Crippen LogP contribution in [0.4, 0.5) is 5.82 Å². The Kier molecular flexibility index (Phi) is 10.6. The van der Waals surface area contributed by atoms with Gasteiger partial charge in [-0.25, -0.2) is 4.98 Å². The number of aryl methyl sites for hydroxylation is 1. The first-order valence-corrected chi connectivity index (χ1v) is 11.2. The van der Waals surface area contributed by atoms with Gasteiger partial charge in [-0.3, -0.25) is 19.5 Å². The van der Waals surface area contributed by atoms with Crippen molar-refractivity contribution in [2.24, 2.45) is 4.99 Å². The summed E-state index contributed by atoms with van der Waals surface area (Å²) in [6.07, 6.45) is 2.57. The summed E-state index contributed by atoms with van der Waals surface area (Å²) < 4.78 is 0. The van der Waals surface area contributed by atoms with Gasteiger partial charge in [-0.15, -0.1) is 24.0 Å². The predicted octanol–water partition coefficient (Wildman–Crippen LogP) is 1.54. The van der Waals surface area contributed by atoms with E-state index in [0.29, 0.717) is 18.8 Å². The summed E-state index contributed by atoms with van der Waals surface area (Å²) in [5.74, 6) is 1.53. The number of carbonyl (C=O) groups excluding carboxylic acids is 2. The molecule has 0 aromatic carbocycles. The van der Waals surface area contributed by atoms with Crippen LogP contribution in [-0.2, 0) is 9.59 Å². The summed E-state index contributed by atoms with van der Waals surface area (Å²) in [6, 6.07) is 5.47. The standard InChI is InChI=1S/C22H35N7O2.HI/c1-17-7-6-8-19(25-17)26-20(30)9-10-24-22(23-3)29-15-13-27(14-16-29)18(2)21(31)28-11-4-5-12-28;/h6-8,18H,4-5,9-16H2,1-3H3,(H,23,24)(H,25,26,30);1H. The van der Waals surface area contributed by atoms with Crippen molar-refractivity contribution in [1.82, 2.24) is 25.0 Å². The summed E-state index contributed by atoms with van der Waals surface area (Å²) >= 11 is 0. The molecule has 178 valence electrons. The van der Waals surface area contributed by atoms with E-state index in [9.17, 15) is 9.59 Å². The van der Waals surface area contributed by atoms with E-state index >= 15 is 0 Å². The van der Waals surface area contributed by atoms with Crippen LogP contribution in [0.5, 0.6) is 0 Å². The van der Waals surface area contributed by atoms with Gasteiger partial charge in [0.25, 0.3) is 0 Å². The minimum absolute atomic E-state index is 0. The second-order valence-electron chi connectivity index (χ2n) is 8.17. The maximum absolute atomic E-state index is 12.7. The lowest BCUT2D eigenvalue weighted by Crippen LogP contribution is -2.57. The summed E-state index contributed by atoms with van der Waals surface area (Å²) in [5.41, 5.74) is 0.868. The molecule has 0 spiro atoms. The molecule has 3 rings (SSSR count). The number of amides is 2. The number of nitrogens with one attached hydrogen (secondary N) is 2. The van der Waals surface area contributed by atoms with E-state index in [4.69, 9.17) is 0 Å². The normalized spacial score (nSPS) is 18.2. The topological polar surface area (TPSA) is 93.2 Å². The summed E-state index contributed by atoms with van der Waals surface area (Å²) in [4.78, 5) is 39.9. The number of guanidine groups is 1. The minimum Gasteiger partial charge on any atom is -0.356 e. The van der Waals surface area contributed by atoms with Gasteiger partial charge in [0.15, 0.2) is 5.96 Å². The van der Waals surface area contributed by atoms with Crippen LogP contribution in [-0.4, -0.2) is 96.4 Å². The van der Waals surface area contributed by atoms with Gasteiger partial charge in [0, 0.05) is 65.0 Å². The molecule has 32 heavy (non-hydrogen) atoms. The quantitative estimate of drug-likeness (QED) is 0.313. The fourth-order valence-corrected chi connectivity index (χ4v) is 4.12. The molecule has 10 heteroatoms. The second kappa shape index (κ2) is 12.9. The third-order valence-electron chi connectivity index (χ3n) is 5.94. The number of aromatic nitrogens is 1. The molecule has 1 atom stereocenters. The van der Waals surface area contributed by atoms with Crippen LogP contribution in [0, 0.1) is 6.92 Å². The van der Waals surface area contributed by atoms with Gasteiger partial charge in [0.2, 0.25) is 11.8 Å². The van der Waals surface area contributed by atoms with E-state index < -0.39 is 0 Å². The highest BCUT2D eigenvalue weighted by Gasteiger charge is 2.30. The Bertz CT molecular complexity index is 790. The molecule has 1 aromatic rings. The van der Waals surface area contributed by atoms with E-state index in [1.807, 2.05) is 30.9 Å². The Morgan fingerprint density at radius 1 is 1.09 bits per heavy atom. The van der Waals surface area contributed by atoms with Crippen molar-refractivity contribution in [3.05, 3.63) is 23.9 Å². The molecule has 2 fully saturated rings. The van der Waals surface area contributed by atoms with Gasteiger partial charge in [0.1, 0.15) is 5.82 Å². The van der Waals surface area contributed by atoms with Crippen LogP contribution in [0.2, 0.25) is 0 Å². The van der Waals surface area contributed by atoms with Crippen LogP contribution >= 0.6 is 24.0 Å². The SMILES string of the molecule is CN=C(NCCC(=O)Nc1cccc(C)n1)N1CCN(C(C)C(=O)N2CCCC2)CC1.I. The first-order valence-electron chi connectivity index (χ1n) is 11.2. The Balaban J connectivity index is 0.00000363. The first-order chi connectivity index (χ1) is 15.0. The van der Waals surface area contributed by atoms with Crippen molar-refractivity contribution in [2.75, 3.05) is 58.2 Å². The summed E-state index contributed by atoms with van der Waals surface area (Å²) in [5, 5.41) is 6.10. The van der Waals surface area contributed by atoms with Gasteiger partial charge in [-0.1, -0.05) is 6.07 Å². The maximum Gasteiger partial charge on any atom is 0.239 e. The highest BCUT2D eigenvalue weighted by molar-refractivity contribution is 14.0. The molecule has 2 aliphatic heterocycles. The molecule has 2 aliphatic rings. The third-order valence-corrected chi connectivity index (χ3v) is 5.94. The molecular weight excluding hydrogens is 521 g/mol. The van der Waals surface area contributed by atoms with Crippen molar-refractivity contribution < 1.29 is 9.59 Å². The van der Waals surface area contributed by atoms with E-state index in [1.54, 1.807) is 13.1 Å². The van der Waals surface area contributed by atoms with Gasteiger partial charge >= 0.3 is 0 Å². The van der Waals surface area contributed by atoms with Crippen molar-refractivity contribution in [3.8, 4) is 0 Å². The van der Waals surface area contributed by atoms with E-state index in [1.165, 1.54) is 0 Å². The highest BCUT2D eigenvalue weighted by Crippen LogP contribution is 2.14. The summed E-state index contributed by atoms with van der Waals surface area (Å²) in [7, 11) is 1.75. The summed E-state index contributed by atoms with van der Waals surface area (Å²) in [6.45, 7) is 9.44. The largest absolute Gasteiger partial charge is 0.356 e. The predicted molar refractivity (Wildman–Crippen MR) is 137 cm³/mol. The lowest BCUT2D eigenvalue weighted by molar-refractivity contribution is -0.135. The number of halogens is 1. The molecule has 0 aliphatic carbocycles. The Morgan fingerprint density at radius 3 is 2.41 bits per heavy atom. The van der Waals surface area contributed by atoms with Crippen LogP contribution < -0.4 is 10.6 Å². The van der Waals surface area contributed by atoms with Gasteiger partial charge < -0.3 is 20.4 Å². The molecule has 2 amide bonds. The average molecular weight is 557 g/mol. The van der Waals surface area contributed by atoms with Crippen molar-refractivity contribution in [3.63, 3.8) is 0 Å². The molecule has 0 bridgehead atoms. The zero-order chi connectivity index (χ0) is 22.2. The number of aliphatic imine (C=N–C) groups is 1. The first kappa shape index (κ1) is 26.3. The van der Waals surface area contributed by atoms with E-state index in [-0.39, 0.29) is 41.8 Å². The molecule has 9 nitrogen and oxygen atoms in total. The number of pyridine rings is 1. The molecular formula is C22H36IN7O2. The number of hydrogen-bond acceptors (Lipinski definition) is 5. The molecule has 2 N–H and O–H groups in total. The average Bonchev–Trinajstić information content (AvgIpc) is 3.31. The number of anilines is 1. The van der Waals surface area contributed by atoms with Crippen LogP contribution in [0.1, 0.15) is 31.9 Å². The molecule has 0 saturated carbocycles. The van der Waals surface area contributed by atoms with Crippen LogP contribution in [0.25, 0.3) is 0 Å². The van der Waals surface area contributed by atoms with Crippen LogP contribution in [0.3, 0.4) is 0 Å². The maximum atomic E-state index is 12.7. The van der Waals surface area contributed by atoms with Crippen molar-refractivity contribution >= 4 is 47.6 Å². The molecule has 0 radical (unpaired) electrons. The lowest BCUT2D eigenvalue weighted by Gasteiger charge is -2.39. The fraction of sp³-hybridized carbons (Fsp3) is 0.636. The second-order valence-corrected chi connectivity index (χ2v) is 8.17. The van der Waals surface area contributed by atoms with Crippen LogP contribution in [0.15, 0.2) is 23.2 Å². The Labute approximate surface area is 208 Å². The number of hydrogen-bond donors (Lipinski definition) is 2. The van der Waals surface area contributed by atoms with Gasteiger partial charge in [0.05, 0.1) is 6.04 Å². The minimum atomic E-state index is -0.0832. The van der Waals surface area contributed by atoms with Crippen molar-refractivity contribution in [2.45, 2.75) is 39.2 Å². The highest BCUT2D eigenvalue weighted by atomic mass is 127. The number of piperazine rings is 1. The van der Waals surface area contributed by atoms with E-state index in [0.717, 1.165) is 63.8 Å².